The Labute approximate surface area is 163 Å². The molecule has 2 aliphatic rings. The van der Waals surface area contributed by atoms with Crippen molar-refractivity contribution in [2.24, 2.45) is 5.92 Å². The van der Waals surface area contributed by atoms with Crippen molar-refractivity contribution in [2.45, 2.75) is 18.9 Å². The second-order valence-corrected chi connectivity index (χ2v) is 7.53. The van der Waals surface area contributed by atoms with E-state index in [0.29, 0.717) is 17.6 Å². The van der Waals surface area contributed by atoms with Crippen molar-refractivity contribution in [2.75, 3.05) is 13.1 Å². The Morgan fingerprint density at radius 2 is 1.89 bits per heavy atom. The number of carbonyl (C=O) groups excluding carboxylic acids is 1. The van der Waals surface area contributed by atoms with Crippen LogP contribution in [0, 0.1) is 5.92 Å². The van der Waals surface area contributed by atoms with Crippen molar-refractivity contribution in [3.63, 3.8) is 0 Å². The SMILES string of the molecule is O=C(/C=C/c1ccccc1)NC(=S)N1C[C@@H]2C[C@@H](C1)c1cccc(=O)n1C2. The quantitative estimate of drug-likeness (QED) is 0.643. The van der Waals surface area contributed by atoms with Gasteiger partial charge in [0.25, 0.3) is 5.56 Å². The normalized spacial score (nSPS) is 21.0. The van der Waals surface area contributed by atoms with Crippen LogP contribution < -0.4 is 10.9 Å². The molecule has 1 fully saturated rings. The highest BCUT2D eigenvalue weighted by molar-refractivity contribution is 7.80. The molecular formula is C21H21N3O2S. The zero-order chi connectivity index (χ0) is 18.8. The van der Waals surface area contributed by atoms with Crippen molar-refractivity contribution >= 4 is 29.3 Å². The second kappa shape index (κ2) is 7.48. The number of hydrogen-bond donors (Lipinski definition) is 1. The van der Waals surface area contributed by atoms with E-state index in [-0.39, 0.29) is 17.4 Å². The Bertz CT molecular complexity index is 951. The molecule has 27 heavy (non-hydrogen) atoms. The summed E-state index contributed by atoms with van der Waals surface area (Å²) in [5.41, 5.74) is 2.10. The largest absolute Gasteiger partial charge is 0.348 e. The Kier molecular flexibility index (Phi) is 4.90. The van der Waals surface area contributed by atoms with E-state index >= 15 is 0 Å². The average Bonchev–Trinajstić information content (AvgIpc) is 2.68. The third-order valence-corrected chi connectivity index (χ3v) is 5.58. The summed E-state index contributed by atoms with van der Waals surface area (Å²) >= 11 is 5.47. The number of piperidine rings is 1. The Hall–Kier alpha value is -2.73. The third kappa shape index (κ3) is 3.85. The highest BCUT2D eigenvalue weighted by atomic mass is 32.1. The van der Waals surface area contributed by atoms with Gasteiger partial charge in [0.15, 0.2) is 5.11 Å². The fourth-order valence-electron chi connectivity index (χ4n) is 4.02. The van der Waals surface area contributed by atoms with E-state index in [1.54, 1.807) is 12.1 Å². The summed E-state index contributed by atoms with van der Waals surface area (Å²) < 4.78 is 1.89. The molecule has 0 saturated carbocycles. The van der Waals surface area contributed by atoms with E-state index in [1.807, 2.05) is 47.0 Å². The molecule has 6 heteroatoms. The number of likely N-dealkylation sites (tertiary alicyclic amines) is 1. The monoisotopic (exact) mass is 379 g/mol. The van der Waals surface area contributed by atoms with E-state index in [1.165, 1.54) is 6.08 Å². The van der Waals surface area contributed by atoms with Crippen LogP contribution >= 0.6 is 12.2 Å². The highest BCUT2D eigenvalue weighted by Gasteiger charge is 2.35. The average molecular weight is 379 g/mol. The lowest BCUT2D eigenvalue weighted by atomic mass is 9.83. The molecule has 0 spiro atoms. The molecule has 138 valence electrons. The van der Waals surface area contributed by atoms with E-state index in [9.17, 15) is 9.59 Å². The van der Waals surface area contributed by atoms with Crippen LogP contribution in [0.25, 0.3) is 6.08 Å². The number of nitrogens with zero attached hydrogens (tertiary/aromatic N) is 2. The molecule has 2 bridgehead atoms. The van der Waals surface area contributed by atoms with Gasteiger partial charge in [-0.25, -0.2) is 0 Å². The number of carbonyl (C=O) groups is 1. The zero-order valence-electron chi connectivity index (χ0n) is 14.9. The van der Waals surface area contributed by atoms with Gasteiger partial charge in [0.1, 0.15) is 0 Å². The number of benzene rings is 1. The standard InChI is InChI=1S/C21H21N3O2S/c25-19(10-9-15-5-2-1-3-6-15)22-21(27)23-12-16-11-17(14-23)18-7-4-8-20(26)24(18)13-16/h1-10,16-17H,11-14H2,(H,22,25,27)/b10-9+/t16-,17-/m0/s1. The molecule has 4 rings (SSSR count). The van der Waals surface area contributed by atoms with Gasteiger partial charge in [0.05, 0.1) is 0 Å². The van der Waals surface area contributed by atoms with Gasteiger partial charge in [-0.2, -0.15) is 0 Å². The van der Waals surface area contributed by atoms with Crippen molar-refractivity contribution in [3.05, 3.63) is 76.2 Å². The fourth-order valence-corrected chi connectivity index (χ4v) is 4.27. The van der Waals surface area contributed by atoms with Crippen molar-refractivity contribution < 1.29 is 4.79 Å². The molecule has 2 atom stereocenters. The summed E-state index contributed by atoms with van der Waals surface area (Å²) in [4.78, 5) is 26.4. The maximum Gasteiger partial charge on any atom is 0.250 e. The van der Waals surface area contributed by atoms with Crippen LogP contribution in [0.4, 0.5) is 0 Å². The predicted octanol–water partition coefficient (Wildman–Crippen LogP) is 2.38. The van der Waals surface area contributed by atoms with Crippen molar-refractivity contribution in [1.82, 2.24) is 14.8 Å². The van der Waals surface area contributed by atoms with Gasteiger partial charge in [-0.05, 0) is 42.3 Å². The topological polar surface area (TPSA) is 54.3 Å². The van der Waals surface area contributed by atoms with Crippen LogP contribution in [0.2, 0.25) is 0 Å². The van der Waals surface area contributed by atoms with Gasteiger partial charge in [-0.15, -0.1) is 0 Å². The summed E-state index contributed by atoms with van der Waals surface area (Å²) in [6.45, 7) is 2.20. The van der Waals surface area contributed by atoms with Gasteiger partial charge < -0.3 is 9.47 Å². The van der Waals surface area contributed by atoms with Crippen molar-refractivity contribution in [3.8, 4) is 0 Å². The minimum absolute atomic E-state index is 0.0672. The molecule has 0 aliphatic carbocycles. The molecule has 1 aromatic heterocycles. The summed E-state index contributed by atoms with van der Waals surface area (Å²) in [5, 5.41) is 3.27. The van der Waals surface area contributed by atoms with Crippen LogP contribution in [0.1, 0.15) is 23.6 Å². The summed E-state index contributed by atoms with van der Waals surface area (Å²) in [6.07, 6.45) is 4.33. The van der Waals surface area contributed by atoms with Gasteiger partial charge in [0.2, 0.25) is 5.91 Å². The summed E-state index contributed by atoms with van der Waals surface area (Å²) in [7, 11) is 0. The minimum atomic E-state index is -0.226. The number of amides is 1. The summed E-state index contributed by atoms with van der Waals surface area (Å²) in [5.74, 6) is 0.406. The number of aromatic nitrogens is 1. The van der Waals surface area contributed by atoms with Gasteiger partial charge >= 0.3 is 0 Å². The van der Waals surface area contributed by atoms with Crippen LogP contribution in [-0.4, -0.2) is 33.6 Å². The number of rotatable bonds is 2. The number of nitrogens with one attached hydrogen (secondary N) is 1. The maximum absolute atomic E-state index is 12.2. The van der Waals surface area contributed by atoms with Gasteiger partial charge in [-0.1, -0.05) is 36.4 Å². The Morgan fingerprint density at radius 3 is 2.70 bits per heavy atom. The van der Waals surface area contributed by atoms with Gasteiger partial charge in [0, 0.05) is 43.4 Å². The molecule has 2 aliphatic heterocycles. The van der Waals surface area contributed by atoms with Crippen LogP contribution in [0.15, 0.2) is 59.4 Å². The predicted molar refractivity (Wildman–Crippen MR) is 109 cm³/mol. The lowest BCUT2D eigenvalue weighted by molar-refractivity contribution is -0.115. The lowest BCUT2D eigenvalue weighted by Gasteiger charge is -2.43. The Morgan fingerprint density at radius 1 is 1.07 bits per heavy atom. The Balaban J connectivity index is 1.41. The molecule has 3 heterocycles. The molecule has 1 N–H and O–H groups in total. The van der Waals surface area contributed by atoms with Crippen LogP contribution in [0.3, 0.4) is 0 Å². The van der Waals surface area contributed by atoms with Crippen LogP contribution in [0.5, 0.6) is 0 Å². The molecule has 1 amide bonds. The van der Waals surface area contributed by atoms with E-state index in [4.69, 9.17) is 12.2 Å². The molecule has 5 nitrogen and oxygen atoms in total. The maximum atomic E-state index is 12.2. The number of hydrogen-bond acceptors (Lipinski definition) is 3. The first-order valence-electron chi connectivity index (χ1n) is 9.13. The van der Waals surface area contributed by atoms with Gasteiger partial charge in [-0.3, -0.25) is 14.9 Å². The molecular weight excluding hydrogens is 358 g/mol. The summed E-state index contributed by atoms with van der Waals surface area (Å²) in [6, 6.07) is 15.1. The smallest absolute Gasteiger partial charge is 0.250 e. The highest BCUT2D eigenvalue weighted by Crippen LogP contribution is 2.34. The van der Waals surface area contributed by atoms with E-state index in [2.05, 4.69) is 10.2 Å². The van der Waals surface area contributed by atoms with E-state index in [0.717, 1.165) is 30.8 Å². The molecule has 2 aromatic rings. The second-order valence-electron chi connectivity index (χ2n) is 7.14. The molecule has 0 unspecified atom stereocenters. The molecule has 1 aromatic carbocycles. The zero-order valence-corrected chi connectivity index (χ0v) is 15.7. The first kappa shape index (κ1) is 17.7. The number of fused-ring (bicyclic) bond motifs is 4. The number of thiocarbonyl (C=S) groups is 1. The first-order valence-corrected chi connectivity index (χ1v) is 9.54. The number of pyridine rings is 1. The fraction of sp³-hybridized carbons (Fsp3) is 0.286. The first-order chi connectivity index (χ1) is 13.1. The van der Waals surface area contributed by atoms with Crippen molar-refractivity contribution in [1.29, 1.82) is 0 Å². The molecule has 0 radical (unpaired) electrons. The lowest BCUT2D eigenvalue weighted by Crippen LogP contribution is -2.52. The van der Waals surface area contributed by atoms with Crippen LogP contribution in [-0.2, 0) is 11.3 Å². The third-order valence-electron chi connectivity index (χ3n) is 5.22. The van der Waals surface area contributed by atoms with E-state index < -0.39 is 0 Å². The minimum Gasteiger partial charge on any atom is -0.348 e. The molecule has 1 saturated heterocycles.